The molecule has 2 nitrogen and oxygen atoms in total. The van der Waals surface area contributed by atoms with E-state index >= 15 is 0 Å². The highest BCUT2D eigenvalue weighted by molar-refractivity contribution is 4.95. The van der Waals surface area contributed by atoms with E-state index in [9.17, 15) is 0 Å². The molecule has 17 heavy (non-hydrogen) atoms. The van der Waals surface area contributed by atoms with Gasteiger partial charge in [-0.05, 0) is 30.6 Å². The highest BCUT2D eigenvalue weighted by Gasteiger charge is 2.39. The molecule has 0 aromatic carbocycles. The predicted octanol–water partition coefficient (Wildman–Crippen LogP) is 2.74. The maximum absolute atomic E-state index is 3.77. The largest absolute Gasteiger partial charge is 0.311 e. The highest BCUT2D eigenvalue weighted by atomic mass is 15.2. The lowest BCUT2D eigenvalue weighted by Gasteiger charge is -2.43. The van der Waals surface area contributed by atoms with Crippen molar-refractivity contribution in [2.45, 2.75) is 59.0 Å². The van der Waals surface area contributed by atoms with Gasteiger partial charge in [-0.3, -0.25) is 4.90 Å². The Bertz CT molecular complexity index is 235. The summed E-state index contributed by atoms with van der Waals surface area (Å²) in [7, 11) is 0. The van der Waals surface area contributed by atoms with Crippen LogP contribution >= 0.6 is 0 Å². The van der Waals surface area contributed by atoms with Crippen molar-refractivity contribution >= 4 is 0 Å². The lowest BCUT2D eigenvalue weighted by Crippen LogP contribution is -2.59. The minimum absolute atomic E-state index is 0.703. The van der Waals surface area contributed by atoms with E-state index in [4.69, 9.17) is 0 Å². The number of nitrogens with zero attached hydrogens (tertiary/aromatic N) is 1. The van der Waals surface area contributed by atoms with Crippen LogP contribution in [0.15, 0.2) is 0 Å². The van der Waals surface area contributed by atoms with Crippen molar-refractivity contribution in [2.24, 2.45) is 17.8 Å². The first-order chi connectivity index (χ1) is 8.11. The molecule has 1 aliphatic heterocycles. The molecule has 1 saturated heterocycles. The van der Waals surface area contributed by atoms with E-state index in [2.05, 4.69) is 37.9 Å². The summed E-state index contributed by atoms with van der Waals surface area (Å²) in [5, 5.41) is 3.77. The fourth-order valence-corrected chi connectivity index (χ4v) is 2.99. The molecule has 100 valence electrons. The summed E-state index contributed by atoms with van der Waals surface area (Å²) >= 11 is 0. The molecule has 1 saturated carbocycles. The standard InChI is InChI=1S/C15H30N2/c1-5-12(4)9-17-10-14(11(2)3)16-8-15(17)13-6-7-13/h11-16H,5-10H2,1-4H3. The Morgan fingerprint density at radius 2 is 1.94 bits per heavy atom. The minimum atomic E-state index is 0.703. The molecule has 0 amide bonds. The molecule has 0 bridgehead atoms. The highest BCUT2D eigenvalue weighted by Crippen LogP contribution is 2.37. The molecular weight excluding hydrogens is 208 g/mol. The molecule has 0 aromatic rings. The summed E-state index contributed by atoms with van der Waals surface area (Å²) < 4.78 is 0. The van der Waals surface area contributed by atoms with Crippen LogP contribution in [0.5, 0.6) is 0 Å². The van der Waals surface area contributed by atoms with Gasteiger partial charge >= 0.3 is 0 Å². The Balaban J connectivity index is 1.94. The first-order valence-electron chi connectivity index (χ1n) is 7.59. The molecule has 0 radical (unpaired) electrons. The summed E-state index contributed by atoms with van der Waals surface area (Å²) in [6.45, 7) is 13.2. The van der Waals surface area contributed by atoms with Crippen molar-refractivity contribution in [1.29, 1.82) is 0 Å². The van der Waals surface area contributed by atoms with Crippen molar-refractivity contribution in [3.63, 3.8) is 0 Å². The van der Waals surface area contributed by atoms with E-state index in [0.717, 1.165) is 23.8 Å². The van der Waals surface area contributed by atoms with Gasteiger partial charge in [0.05, 0.1) is 0 Å². The van der Waals surface area contributed by atoms with Crippen molar-refractivity contribution in [3.05, 3.63) is 0 Å². The second-order valence-electron chi connectivity index (χ2n) is 6.63. The van der Waals surface area contributed by atoms with Crippen LogP contribution in [0.1, 0.15) is 47.0 Å². The zero-order valence-corrected chi connectivity index (χ0v) is 12.1. The Kier molecular flexibility index (Phi) is 4.48. The van der Waals surface area contributed by atoms with E-state index in [0.29, 0.717) is 6.04 Å². The van der Waals surface area contributed by atoms with Crippen LogP contribution in [0.2, 0.25) is 0 Å². The van der Waals surface area contributed by atoms with E-state index in [1.807, 2.05) is 0 Å². The van der Waals surface area contributed by atoms with Gasteiger partial charge in [-0.25, -0.2) is 0 Å². The smallest absolute Gasteiger partial charge is 0.0249 e. The Hall–Kier alpha value is -0.0800. The zero-order valence-electron chi connectivity index (χ0n) is 12.1. The quantitative estimate of drug-likeness (QED) is 0.792. The van der Waals surface area contributed by atoms with Crippen molar-refractivity contribution in [2.75, 3.05) is 19.6 Å². The van der Waals surface area contributed by atoms with Gasteiger partial charge in [-0.15, -0.1) is 0 Å². The fraction of sp³-hybridized carbons (Fsp3) is 1.00. The van der Waals surface area contributed by atoms with Crippen molar-refractivity contribution in [3.8, 4) is 0 Å². The van der Waals surface area contributed by atoms with Gasteiger partial charge in [0.2, 0.25) is 0 Å². The molecule has 2 heteroatoms. The molecular formula is C15H30N2. The van der Waals surface area contributed by atoms with Crippen LogP contribution in [-0.4, -0.2) is 36.6 Å². The number of hydrogen-bond donors (Lipinski definition) is 1. The fourth-order valence-electron chi connectivity index (χ4n) is 2.99. The van der Waals surface area contributed by atoms with E-state index in [-0.39, 0.29) is 0 Å². The van der Waals surface area contributed by atoms with Crippen LogP contribution < -0.4 is 5.32 Å². The average Bonchev–Trinajstić information content (AvgIpc) is 3.12. The average molecular weight is 238 g/mol. The molecule has 2 aliphatic rings. The van der Waals surface area contributed by atoms with Crippen LogP contribution in [0.4, 0.5) is 0 Å². The van der Waals surface area contributed by atoms with E-state index < -0.39 is 0 Å². The van der Waals surface area contributed by atoms with Gasteiger partial charge < -0.3 is 5.32 Å². The Labute approximate surface area is 107 Å². The second kappa shape index (κ2) is 5.71. The normalized spacial score (nSPS) is 33.0. The van der Waals surface area contributed by atoms with Crippen molar-refractivity contribution in [1.82, 2.24) is 10.2 Å². The van der Waals surface area contributed by atoms with Crippen LogP contribution in [0.25, 0.3) is 0 Å². The van der Waals surface area contributed by atoms with Gasteiger partial charge in [0.1, 0.15) is 0 Å². The second-order valence-corrected chi connectivity index (χ2v) is 6.63. The van der Waals surface area contributed by atoms with Crippen LogP contribution in [0.3, 0.4) is 0 Å². The number of hydrogen-bond acceptors (Lipinski definition) is 2. The molecule has 1 N–H and O–H groups in total. The minimum Gasteiger partial charge on any atom is -0.311 e. The van der Waals surface area contributed by atoms with Gasteiger partial charge in [0.15, 0.2) is 0 Å². The first-order valence-corrected chi connectivity index (χ1v) is 7.59. The maximum Gasteiger partial charge on any atom is 0.0249 e. The summed E-state index contributed by atoms with van der Waals surface area (Å²) in [4.78, 5) is 2.80. The SMILES string of the molecule is CCC(C)CN1CC(C(C)C)NCC1C1CC1. The molecule has 2 rings (SSSR count). The Morgan fingerprint density at radius 1 is 1.24 bits per heavy atom. The third-order valence-corrected chi connectivity index (χ3v) is 4.70. The zero-order chi connectivity index (χ0) is 12.4. The van der Waals surface area contributed by atoms with Crippen molar-refractivity contribution < 1.29 is 0 Å². The lowest BCUT2D eigenvalue weighted by atomic mass is 9.96. The topological polar surface area (TPSA) is 15.3 Å². The van der Waals surface area contributed by atoms with E-state index in [1.54, 1.807) is 0 Å². The predicted molar refractivity (Wildman–Crippen MR) is 74.2 cm³/mol. The third kappa shape index (κ3) is 3.45. The van der Waals surface area contributed by atoms with Gasteiger partial charge in [0, 0.05) is 31.7 Å². The first kappa shape index (κ1) is 13.4. The molecule has 0 spiro atoms. The van der Waals surface area contributed by atoms with Gasteiger partial charge in [-0.2, -0.15) is 0 Å². The lowest BCUT2D eigenvalue weighted by molar-refractivity contribution is 0.0849. The molecule has 2 fully saturated rings. The van der Waals surface area contributed by atoms with E-state index in [1.165, 1.54) is 38.9 Å². The molecule has 3 unspecified atom stereocenters. The Morgan fingerprint density at radius 3 is 2.47 bits per heavy atom. The maximum atomic E-state index is 3.77. The third-order valence-electron chi connectivity index (χ3n) is 4.70. The van der Waals surface area contributed by atoms with Crippen LogP contribution in [-0.2, 0) is 0 Å². The summed E-state index contributed by atoms with van der Waals surface area (Å²) in [6.07, 6.45) is 4.25. The molecule has 0 aromatic heterocycles. The monoisotopic (exact) mass is 238 g/mol. The van der Waals surface area contributed by atoms with Crippen LogP contribution in [0, 0.1) is 17.8 Å². The number of rotatable bonds is 5. The van der Waals surface area contributed by atoms with Gasteiger partial charge in [0.25, 0.3) is 0 Å². The number of piperazine rings is 1. The molecule has 1 aliphatic carbocycles. The number of nitrogens with one attached hydrogen (secondary N) is 1. The summed E-state index contributed by atoms with van der Waals surface area (Å²) in [6, 6.07) is 1.54. The van der Waals surface area contributed by atoms with Gasteiger partial charge in [-0.1, -0.05) is 34.1 Å². The summed E-state index contributed by atoms with van der Waals surface area (Å²) in [5.74, 6) is 2.61. The molecule has 3 atom stereocenters. The summed E-state index contributed by atoms with van der Waals surface area (Å²) in [5.41, 5.74) is 0. The molecule has 1 heterocycles.